The third-order valence-electron chi connectivity index (χ3n) is 8.76. The van der Waals surface area contributed by atoms with Crippen molar-refractivity contribution in [2.75, 3.05) is 0 Å². The Balaban J connectivity index is 0.00000392. The van der Waals surface area contributed by atoms with Gasteiger partial charge in [0, 0.05) is 49.1 Å². The van der Waals surface area contributed by atoms with Crippen LogP contribution in [0.25, 0.3) is 0 Å². The summed E-state index contributed by atoms with van der Waals surface area (Å²) in [5.74, 6) is 3.92. The summed E-state index contributed by atoms with van der Waals surface area (Å²) in [5.41, 5.74) is 3.47. The minimum atomic E-state index is -0.271. The van der Waals surface area contributed by atoms with Gasteiger partial charge in [0.15, 0.2) is 0 Å². The lowest BCUT2D eigenvalue weighted by molar-refractivity contribution is -0.0000149. The van der Waals surface area contributed by atoms with E-state index in [1.807, 2.05) is 0 Å². The molecule has 0 aromatic heterocycles. The van der Waals surface area contributed by atoms with Crippen molar-refractivity contribution in [3.63, 3.8) is 0 Å². The van der Waals surface area contributed by atoms with E-state index < -0.39 is 0 Å². The molecule has 0 spiro atoms. The van der Waals surface area contributed by atoms with Gasteiger partial charge >= 0.3 is 0 Å². The molecule has 5 nitrogen and oxygen atoms in total. The highest BCUT2D eigenvalue weighted by Gasteiger charge is 2.39. The van der Waals surface area contributed by atoms with Gasteiger partial charge in [0.05, 0.1) is 11.1 Å². The molecule has 6 radical (unpaired) electrons. The molecule has 9 heteroatoms. The van der Waals surface area contributed by atoms with Crippen LogP contribution in [-0.4, -0.2) is 62.3 Å². The van der Waals surface area contributed by atoms with Crippen LogP contribution in [0.1, 0.15) is 119 Å². The van der Waals surface area contributed by atoms with Gasteiger partial charge < -0.3 is 26.3 Å². The minimum absolute atomic E-state index is 0. The van der Waals surface area contributed by atoms with E-state index in [4.69, 9.17) is 14.7 Å². The second kappa shape index (κ2) is 16.9. The molecule has 54 heavy (non-hydrogen) atoms. The second-order valence-corrected chi connectivity index (χ2v) is 20.7. The van der Waals surface area contributed by atoms with E-state index in [1.54, 1.807) is 0 Å². The zero-order valence-corrected chi connectivity index (χ0v) is 38.8. The molecule has 4 aromatic rings. The zero-order valence-electron chi connectivity index (χ0n) is 34.9. The molecule has 286 valence electrons. The molecule has 1 heterocycles. The largest absolute Gasteiger partial charge is 1.00 e. The molecule has 0 bridgehead atoms. The predicted molar refractivity (Wildman–Crippen MR) is 234 cm³/mol. The van der Waals surface area contributed by atoms with Crippen molar-refractivity contribution in [2.45, 2.75) is 125 Å². The van der Waals surface area contributed by atoms with Gasteiger partial charge in [-0.3, -0.25) is 9.98 Å². The van der Waals surface area contributed by atoms with Gasteiger partial charge in [-0.25, -0.2) is 0 Å². The fraction of sp³-hybridized carbons (Fsp3) is 0.422. The Morgan fingerprint density at radius 2 is 0.852 bits per heavy atom. The van der Waals surface area contributed by atoms with Crippen molar-refractivity contribution in [1.82, 2.24) is 9.13 Å². The topological polar surface area (TPSA) is 40.4 Å². The van der Waals surface area contributed by atoms with E-state index in [1.165, 1.54) is 21.5 Å². The third-order valence-corrected chi connectivity index (χ3v) is 12.2. The summed E-state index contributed by atoms with van der Waals surface area (Å²) in [4.78, 5) is 10.7. The van der Waals surface area contributed by atoms with Crippen LogP contribution in [-0.2, 0) is 5.41 Å². The maximum Gasteiger partial charge on any atom is 0.290 e. The monoisotopic (exact) mass is 794 g/mol. The molecule has 0 saturated heterocycles. The van der Waals surface area contributed by atoms with Crippen LogP contribution in [0.2, 0.25) is 0 Å². The van der Waals surface area contributed by atoms with Gasteiger partial charge in [0.2, 0.25) is 19.4 Å². The summed E-state index contributed by atoms with van der Waals surface area (Å²) in [5, 5.41) is 2.35. The Labute approximate surface area is 341 Å². The van der Waals surface area contributed by atoms with Crippen LogP contribution in [0.15, 0.2) is 107 Å². The fourth-order valence-electron chi connectivity index (χ4n) is 6.32. The van der Waals surface area contributed by atoms with Crippen molar-refractivity contribution in [3.8, 4) is 11.5 Å². The molecule has 0 N–H and O–H groups in total. The Hall–Kier alpha value is -3.23. The lowest BCUT2D eigenvalue weighted by Gasteiger charge is -2.42. The van der Waals surface area contributed by atoms with Crippen molar-refractivity contribution in [2.24, 2.45) is 9.98 Å². The average Bonchev–Trinajstić information content (AvgIpc) is 3.03. The zero-order chi connectivity index (χ0) is 38.3. The van der Waals surface area contributed by atoms with Crippen LogP contribution < -0.4 is 27.5 Å². The second-order valence-electron chi connectivity index (χ2n) is 18.3. The van der Waals surface area contributed by atoms with Crippen molar-refractivity contribution in [3.05, 3.63) is 119 Å². The SMILES string of the molecule is CC(C)(C)N=C(c1ccccc1)N([Si]c1cccc2c1Oc1c([Si]N(C(=NC(C)(C)C)c3ccccc3)C(C)(C)C)cccc1C2(C)C)C(C)(C)C.[Cl-].[PH2+]. The molecule has 4 aromatic carbocycles. The standard InChI is InChI=1S/C45H58N4OSi2.ClH.H2P/c1-41(2,3)46-39(31-23-17-15-18-24-31)48(43(7,8)9)51-35-29-21-27-33-37(35)50-38-34(45(33,13)14)28-22-30-36(38)52-49(44(10,11)12)40(47-42(4,5)6)32-25-19-16-20-26-32;;/h15-30H,1-14H3;1H;1H2/q;;+1/p-1. The van der Waals surface area contributed by atoms with Crippen molar-refractivity contribution < 1.29 is 17.1 Å². The van der Waals surface area contributed by atoms with Crippen LogP contribution >= 0.6 is 9.90 Å². The fourth-order valence-corrected chi connectivity index (χ4v) is 8.95. The smallest absolute Gasteiger partial charge is 0.290 e. The molecule has 5 rings (SSSR count). The molecule has 0 saturated carbocycles. The molecule has 0 unspecified atom stereocenters. The highest BCUT2D eigenvalue weighted by molar-refractivity contribution is 6.92. The van der Waals surface area contributed by atoms with Crippen LogP contribution in [0, 0.1) is 0 Å². The van der Waals surface area contributed by atoms with E-state index >= 15 is 0 Å². The van der Waals surface area contributed by atoms with Gasteiger partial charge in [0.1, 0.15) is 23.2 Å². The Morgan fingerprint density at radius 1 is 0.519 bits per heavy atom. The number of rotatable bonds is 6. The molecular weight excluding hydrogens is 735 g/mol. The van der Waals surface area contributed by atoms with Crippen LogP contribution in [0.5, 0.6) is 11.5 Å². The number of aliphatic imine (C=N–C) groups is 2. The summed E-state index contributed by atoms with van der Waals surface area (Å²) >= 11 is 0. The van der Waals surface area contributed by atoms with Crippen LogP contribution in [0.3, 0.4) is 0 Å². The van der Waals surface area contributed by atoms with E-state index in [9.17, 15) is 0 Å². The molecule has 1 aliphatic rings. The van der Waals surface area contributed by atoms with Crippen molar-refractivity contribution in [1.29, 1.82) is 0 Å². The first-order valence-electron chi connectivity index (χ1n) is 18.5. The number of hydrogen-bond acceptors (Lipinski definition) is 3. The lowest BCUT2D eigenvalue weighted by Crippen LogP contribution is -3.00. The molecule has 0 fully saturated rings. The normalized spacial score (nSPS) is 14.5. The summed E-state index contributed by atoms with van der Waals surface area (Å²) in [6.07, 6.45) is 0. The number of nitrogens with zero attached hydrogens (tertiary/aromatic N) is 4. The molecule has 0 aliphatic carbocycles. The lowest BCUT2D eigenvalue weighted by atomic mass is 9.76. The summed E-state index contributed by atoms with van der Waals surface area (Å²) in [6.45, 7) is 31.4. The van der Waals surface area contributed by atoms with E-state index in [-0.39, 0.29) is 49.9 Å². The quantitative estimate of drug-likeness (QED) is 0.0954. The molecule has 0 amide bonds. The Bertz CT molecular complexity index is 1800. The first-order chi connectivity index (χ1) is 24.1. The predicted octanol–water partition coefficient (Wildman–Crippen LogP) is 6.63. The number of benzene rings is 4. The Kier molecular flexibility index (Phi) is 14.1. The average molecular weight is 796 g/mol. The number of ether oxygens (including phenoxy) is 1. The van der Waals surface area contributed by atoms with Gasteiger partial charge in [-0.15, -0.1) is 0 Å². The Morgan fingerprint density at radius 3 is 1.15 bits per heavy atom. The minimum Gasteiger partial charge on any atom is -1.00 e. The van der Waals surface area contributed by atoms with E-state index in [2.05, 4.69) is 203 Å². The van der Waals surface area contributed by atoms with E-state index in [0.29, 0.717) is 19.4 Å². The number of para-hydroxylation sites is 2. The van der Waals surface area contributed by atoms with Gasteiger partial charge in [-0.1, -0.05) is 111 Å². The molecular formula is C45H60ClN4OPSi2. The maximum atomic E-state index is 7.26. The molecule has 1 aliphatic heterocycles. The summed E-state index contributed by atoms with van der Waals surface area (Å²) in [6, 6.07) is 34.6. The summed E-state index contributed by atoms with van der Waals surface area (Å²) in [7, 11) is 0.591. The first kappa shape index (κ1) is 45.2. The summed E-state index contributed by atoms with van der Waals surface area (Å²) < 4.78 is 12.2. The highest BCUT2D eigenvalue weighted by atomic mass is 35.5. The van der Waals surface area contributed by atoms with Gasteiger partial charge in [0.25, 0.3) is 9.90 Å². The number of hydrogen-bond donors (Lipinski definition) is 0. The number of halogens is 1. The first-order valence-corrected chi connectivity index (χ1v) is 20.3. The van der Waals surface area contributed by atoms with Gasteiger partial charge in [-0.2, -0.15) is 0 Å². The van der Waals surface area contributed by atoms with Crippen LogP contribution in [0.4, 0.5) is 0 Å². The van der Waals surface area contributed by atoms with Gasteiger partial charge in [-0.05, 0) is 83.1 Å². The highest BCUT2D eigenvalue weighted by Crippen LogP contribution is 2.46. The third kappa shape index (κ3) is 10.5. The maximum absolute atomic E-state index is 7.26. The van der Waals surface area contributed by atoms with Crippen molar-refractivity contribution >= 4 is 51.3 Å². The number of fused-ring (bicyclic) bond motifs is 2. The number of amidine groups is 2. The molecule has 0 atom stereocenters. The van der Waals surface area contributed by atoms with E-state index in [0.717, 1.165) is 34.3 Å².